The van der Waals surface area contributed by atoms with Crippen molar-refractivity contribution in [2.75, 3.05) is 11.1 Å². The van der Waals surface area contributed by atoms with Gasteiger partial charge in [-0.25, -0.2) is 9.79 Å². The van der Waals surface area contributed by atoms with Gasteiger partial charge in [-0.05, 0) is 109 Å². The van der Waals surface area contributed by atoms with Gasteiger partial charge in [-0.1, -0.05) is 0 Å². The van der Waals surface area contributed by atoms with Gasteiger partial charge in [-0.3, -0.25) is 9.35 Å². The fourth-order valence-electron chi connectivity index (χ4n) is 4.70. The van der Waals surface area contributed by atoms with E-state index >= 15 is 0 Å². The fraction of sp³-hybridized carbons (Fsp3) is 0.0606. The van der Waals surface area contributed by atoms with Crippen molar-refractivity contribution in [2.24, 2.45) is 15.2 Å². The molecule has 0 aliphatic heterocycles. The molecule has 0 aliphatic rings. The number of anilines is 2. The monoisotopic (exact) mass is 715 g/mol. The number of aliphatic hydroxyl groups excluding tert-OH is 1. The maximum atomic E-state index is 12.8. The second-order valence-corrected chi connectivity index (χ2v) is 12.0. The molecule has 0 atom stereocenters. The summed E-state index contributed by atoms with van der Waals surface area (Å²) >= 11 is 0. The number of rotatable bonds is 8. The normalized spacial score (nSPS) is 11.5. The first-order chi connectivity index (χ1) is 22.6. The molecule has 50 heavy (non-hydrogen) atoms. The van der Waals surface area contributed by atoms with E-state index in [0.29, 0.717) is 16.8 Å². The van der Waals surface area contributed by atoms with Crippen molar-refractivity contribution in [3.8, 4) is 11.5 Å². The number of aromatic carboxylic acids is 1. The fourth-order valence-corrected chi connectivity index (χ4v) is 5.36. The summed E-state index contributed by atoms with van der Waals surface area (Å²) in [5, 5.41) is 51.3. The van der Waals surface area contributed by atoms with Gasteiger partial charge in [0, 0.05) is 87.0 Å². The number of hydrogen-bond acceptors (Lipinski definition) is 10. The van der Waals surface area contributed by atoms with Gasteiger partial charge in [-0.2, -0.15) is 13.5 Å². The standard InChI is InChI=1S/C33H27N5O9S.2Na/c1-16-11-18(3-8-25(16)34)31(41)35-21-5-7-23-20(13-21)14-28(48(45,46)47)29(30(23)40)38-37-26-9-4-19(12-17(26)2)32(42)36-22-6-10-27(39)24(15-22)33(43)44;;/h3-15,39-40H,34H2,1-2H3,(H,35,41)(H,36,42)(H,43,44)(H,45,46,47);;. The van der Waals surface area contributed by atoms with E-state index in [2.05, 4.69) is 20.5 Å². The van der Waals surface area contributed by atoms with Crippen molar-refractivity contribution < 1.29 is 43.0 Å². The Kier molecular flexibility index (Phi) is 12.9. The van der Waals surface area contributed by atoms with Gasteiger partial charge in [0.15, 0.2) is 5.75 Å². The predicted molar refractivity (Wildman–Crippen MR) is 190 cm³/mol. The number of nitrogens with one attached hydrogen (secondary N) is 1. The Morgan fingerprint density at radius 1 is 0.800 bits per heavy atom. The van der Waals surface area contributed by atoms with Crippen LogP contribution in [0.25, 0.3) is 10.8 Å². The first kappa shape index (κ1) is 40.1. The van der Waals surface area contributed by atoms with E-state index in [9.17, 15) is 43.0 Å². The maximum Gasteiger partial charge on any atom is 0.339 e. The zero-order valence-electron chi connectivity index (χ0n) is 27.2. The number of azo groups is 1. The molecular weight excluding hydrogens is 688 g/mol. The molecule has 5 aromatic rings. The van der Waals surface area contributed by atoms with E-state index in [-0.39, 0.29) is 98.4 Å². The summed E-state index contributed by atoms with van der Waals surface area (Å²) in [5.74, 6) is -3.34. The van der Waals surface area contributed by atoms with Crippen LogP contribution in [0, 0.1) is 13.8 Å². The van der Waals surface area contributed by atoms with Gasteiger partial charge >= 0.3 is 5.97 Å². The molecular formula is C33H27N5Na2O9S. The largest absolute Gasteiger partial charge is 0.507 e. The van der Waals surface area contributed by atoms with E-state index in [1.165, 1.54) is 42.5 Å². The molecule has 0 fully saturated rings. The summed E-state index contributed by atoms with van der Waals surface area (Å²) in [7, 11) is -4.92. The Morgan fingerprint density at radius 2 is 1.48 bits per heavy atom. The quantitative estimate of drug-likeness (QED) is 0.0190. The van der Waals surface area contributed by atoms with Gasteiger partial charge in [0.1, 0.15) is 21.9 Å². The molecule has 0 saturated carbocycles. The van der Waals surface area contributed by atoms with Gasteiger partial charge in [0.05, 0.1) is 11.4 Å². The van der Waals surface area contributed by atoms with E-state index in [1.54, 1.807) is 32.0 Å². The van der Waals surface area contributed by atoms with E-state index in [4.69, 9.17) is 5.73 Å². The Labute approximate surface area is 329 Å². The number of phenolic OH excluding ortho intramolecular Hbond substituents is 1. The van der Waals surface area contributed by atoms with Crippen molar-refractivity contribution in [1.82, 2.24) is 0 Å². The number of aliphatic hydroxyl groups is 1. The Hall–Kier alpha value is -4.32. The maximum absolute atomic E-state index is 12.8. The third kappa shape index (κ3) is 8.88. The van der Waals surface area contributed by atoms with Crippen molar-refractivity contribution in [3.05, 3.63) is 107 Å². The van der Waals surface area contributed by atoms with Crippen LogP contribution in [0.15, 0.2) is 99.0 Å². The number of phenols is 2. The third-order valence-electron chi connectivity index (χ3n) is 7.28. The van der Waals surface area contributed by atoms with Crippen LogP contribution < -0.4 is 11.1 Å². The van der Waals surface area contributed by atoms with E-state index < -0.39 is 49.6 Å². The molecule has 246 valence electrons. The van der Waals surface area contributed by atoms with E-state index in [0.717, 1.165) is 23.8 Å². The number of aromatic hydroxyl groups is 2. The summed E-state index contributed by atoms with van der Waals surface area (Å²) < 4.78 is 34.7. The topological polar surface area (TPSA) is 245 Å². The van der Waals surface area contributed by atoms with Crippen LogP contribution in [0.2, 0.25) is 0 Å². The summed E-state index contributed by atoms with van der Waals surface area (Å²) in [5.41, 5.74) is 7.72. The second kappa shape index (κ2) is 16.1. The average Bonchev–Trinajstić information content (AvgIpc) is 3.02. The molecule has 0 unspecified atom stereocenters. The van der Waals surface area contributed by atoms with Crippen LogP contribution in [0.3, 0.4) is 0 Å². The molecule has 0 saturated heterocycles. The molecule has 0 aliphatic carbocycles. The van der Waals surface area contributed by atoms with Crippen molar-refractivity contribution in [3.63, 3.8) is 0 Å². The molecule has 5 aromatic carbocycles. The number of carbonyl (C=O) groups excluding carboxylic acids is 1. The minimum Gasteiger partial charge on any atom is -0.507 e. The molecule has 0 bridgehead atoms. The number of fused-ring (bicyclic) bond motifs is 1. The van der Waals surface area contributed by atoms with Crippen molar-refractivity contribution in [2.45, 2.75) is 18.7 Å². The number of aliphatic imine (C=N–C) groups is 1. The van der Waals surface area contributed by atoms with Gasteiger partial charge in [-0.15, -0.1) is 5.11 Å². The van der Waals surface area contributed by atoms with E-state index in [1.807, 2.05) is 0 Å². The number of nitrogens with zero attached hydrogens (tertiary/aromatic N) is 3. The number of benzene rings is 5. The van der Waals surface area contributed by atoms with Gasteiger partial charge in [0.2, 0.25) is 5.90 Å². The minimum atomic E-state index is -4.92. The van der Waals surface area contributed by atoms with Crippen molar-refractivity contribution >= 4 is 126 Å². The number of hydrogen-bond donors (Lipinski definition) is 7. The minimum absolute atomic E-state index is 0. The number of amides is 1. The smallest absolute Gasteiger partial charge is 0.339 e. The molecule has 5 rings (SSSR count). The van der Waals surface area contributed by atoms with Crippen molar-refractivity contribution in [1.29, 1.82) is 0 Å². The number of carboxylic acids is 1. The van der Waals surface area contributed by atoms with Crippen LogP contribution >= 0.6 is 0 Å². The first-order valence-electron chi connectivity index (χ1n) is 13.9. The molecule has 8 N–H and O–H groups in total. The zero-order chi connectivity index (χ0) is 34.9. The first-order valence-corrected chi connectivity index (χ1v) is 15.4. The van der Waals surface area contributed by atoms with Gasteiger partial charge in [0.25, 0.3) is 16.0 Å². The Morgan fingerprint density at radius 3 is 2.12 bits per heavy atom. The summed E-state index contributed by atoms with van der Waals surface area (Å²) in [4.78, 5) is 27.5. The number of aryl methyl sites for hydroxylation is 2. The van der Waals surface area contributed by atoms with Crippen LogP contribution in [0.4, 0.5) is 28.4 Å². The molecule has 17 heteroatoms. The average molecular weight is 716 g/mol. The molecule has 2 radical (unpaired) electrons. The van der Waals surface area contributed by atoms with Gasteiger partial charge < -0.3 is 31.5 Å². The second-order valence-electron chi connectivity index (χ2n) is 10.7. The SMILES string of the molecule is Cc1cc(C(O)=Nc2ccc3c(O)c(N=Nc4ccc(C(=O)Nc5ccc(O)c(C(=O)O)c5)cc4C)c(S(=O)(=O)O)cc3c2)ccc1N.[Na].[Na]. The summed E-state index contributed by atoms with van der Waals surface area (Å²) in [6.45, 7) is 3.37. The molecule has 0 heterocycles. The number of carboxylic acid groups (broad SMARTS) is 1. The van der Waals surface area contributed by atoms with Crippen LogP contribution in [0.5, 0.6) is 11.5 Å². The molecule has 0 aromatic heterocycles. The summed E-state index contributed by atoms with van der Waals surface area (Å²) in [6.07, 6.45) is 0. The molecule has 14 nitrogen and oxygen atoms in total. The number of nitrogen functional groups attached to an aromatic ring is 1. The Balaban J connectivity index is 0.00000338. The Bertz CT molecular complexity index is 2330. The molecule has 0 spiro atoms. The number of carbonyl (C=O) groups is 2. The van der Waals surface area contributed by atoms with Crippen LogP contribution in [0.1, 0.15) is 37.4 Å². The predicted octanol–water partition coefficient (Wildman–Crippen LogP) is 5.94. The molecule has 1 amide bonds. The zero-order valence-corrected chi connectivity index (χ0v) is 32.0. The third-order valence-corrected chi connectivity index (χ3v) is 8.14. The number of nitrogens with two attached hydrogens (primary N) is 1. The van der Waals surface area contributed by atoms with Crippen LogP contribution in [-0.2, 0) is 10.1 Å². The van der Waals surface area contributed by atoms with Crippen LogP contribution in [-0.4, -0.2) is 110 Å². The summed E-state index contributed by atoms with van der Waals surface area (Å²) in [6, 6.07) is 18.1.